The Bertz CT molecular complexity index is 570. The van der Waals surface area contributed by atoms with Crippen molar-refractivity contribution in [3.63, 3.8) is 0 Å². The van der Waals surface area contributed by atoms with E-state index in [1.807, 2.05) is 12.3 Å². The van der Waals surface area contributed by atoms with Crippen LogP contribution in [0.2, 0.25) is 0 Å². The van der Waals surface area contributed by atoms with Crippen molar-refractivity contribution in [3.8, 4) is 0 Å². The van der Waals surface area contributed by atoms with Gasteiger partial charge in [-0.25, -0.2) is 0 Å². The van der Waals surface area contributed by atoms with Crippen molar-refractivity contribution in [1.29, 1.82) is 0 Å². The monoisotopic (exact) mass is 254 g/mol. The molecule has 1 heterocycles. The van der Waals surface area contributed by atoms with Crippen LogP contribution in [0.5, 0.6) is 0 Å². The molecule has 0 saturated heterocycles. The summed E-state index contributed by atoms with van der Waals surface area (Å²) in [6.07, 6.45) is 5.76. The molecule has 0 radical (unpaired) electrons. The normalized spacial score (nSPS) is 15.9. The van der Waals surface area contributed by atoms with Crippen LogP contribution in [0, 0.1) is 0 Å². The summed E-state index contributed by atoms with van der Waals surface area (Å²) in [6, 6.07) is 11.6. The summed E-state index contributed by atoms with van der Waals surface area (Å²) >= 11 is 0. The predicted octanol–water partition coefficient (Wildman–Crippen LogP) is 3.65. The largest absolute Gasteiger partial charge is 0.314 e. The molecule has 1 aromatic heterocycles. The number of rotatable bonds is 5. The van der Waals surface area contributed by atoms with E-state index in [1.54, 1.807) is 0 Å². The second-order valence-electron chi connectivity index (χ2n) is 6.27. The van der Waals surface area contributed by atoms with Gasteiger partial charge in [0.15, 0.2) is 0 Å². The minimum atomic E-state index is 0.202. The number of nitrogens with zero attached hydrogens (tertiary/aromatic N) is 1. The van der Waals surface area contributed by atoms with Crippen LogP contribution in [0.1, 0.15) is 38.7 Å². The van der Waals surface area contributed by atoms with E-state index in [0.717, 1.165) is 18.1 Å². The maximum atomic E-state index is 4.46. The number of hydrogen-bond donors (Lipinski definition) is 1. The number of pyridine rings is 1. The first kappa shape index (κ1) is 12.6. The molecule has 0 spiro atoms. The smallest absolute Gasteiger partial charge is 0.0704 e. The number of fused-ring (bicyclic) bond motifs is 1. The topological polar surface area (TPSA) is 24.9 Å². The van der Waals surface area contributed by atoms with Crippen molar-refractivity contribution in [3.05, 3.63) is 42.1 Å². The van der Waals surface area contributed by atoms with Gasteiger partial charge < -0.3 is 5.32 Å². The Morgan fingerprint density at radius 2 is 2.11 bits per heavy atom. The highest BCUT2D eigenvalue weighted by molar-refractivity contribution is 5.79. The lowest BCUT2D eigenvalue weighted by Gasteiger charge is -2.25. The van der Waals surface area contributed by atoms with E-state index in [9.17, 15) is 0 Å². The quantitative estimate of drug-likeness (QED) is 0.881. The molecule has 1 aliphatic carbocycles. The Labute approximate surface area is 115 Å². The van der Waals surface area contributed by atoms with Crippen molar-refractivity contribution in [2.75, 3.05) is 6.54 Å². The van der Waals surface area contributed by atoms with Gasteiger partial charge in [0.2, 0.25) is 0 Å². The van der Waals surface area contributed by atoms with Gasteiger partial charge in [0.25, 0.3) is 0 Å². The third-order valence-electron chi connectivity index (χ3n) is 4.15. The van der Waals surface area contributed by atoms with Crippen molar-refractivity contribution in [1.82, 2.24) is 10.3 Å². The SMILES string of the molecule is CC(C)(CCNC1CC1)c1ccc2cccnc2c1. The standard InChI is InChI=1S/C17H22N2/c1-17(2,9-11-18-15-7-8-15)14-6-5-13-4-3-10-19-16(13)12-14/h3-6,10,12,15,18H,7-9,11H2,1-2H3. The molecule has 0 unspecified atom stereocenters. The van der Waals surface area contributed by atoms with Crippen LogP contribution in [-0.4, -0.2) is 17.6 Å². The first-order valence-electron chi connectivity index (χ1n) is 7.24. The molecule has 1 fully saturated rings. The molecule has 19 heavy (non-hydrogen) atoms. The van der Waals surface area contributed by atoms with Crippen LogP contribution in [-0.2, 0) is 5.41 Å². The van der Waals surface area contributed by atoms with Crippen LogP contribution in [0.4, 0.5) is 0 Å². The molecule has 3 rings (SSSR count). The van der Waals surface area contributed by atoms with Crippen LogP contribution < -0.4 is 5.32 Å². The van der Waals surface area contributed by atoms with Gasteiger partial charge in [-0.1, -0.05) is 32.0 Å². The van der Waals surface area contributed by atoms with Crippen LogP contribution in [0.25, 0.3) is 10.9 Å². The molecule has 1 aromatic carbocycles. The Balaban J connectivity index is 1.76. The average molecular weight is 254 g/mol. The Kier molecular flexibility index (Phi) is 3.28. The maximum absolute atomic E-state index is 4.46. The minimum absolute atomic E-state index is 0.202. The third-order valence-corrected chi connectivity index (χ3v) is 4.15. The summed E-state index contributed by atoms with van der Waals surface area (Å²) in [5.74, 6) is 0. The van der Waals surface area contributed by atoms with Crippen molar-refractivity contribution < 1.29 is 0 Å². The molecule has 1 saturated carbocycles. The van der Waals surface area contributed by atoms with E-state index in [0.29, 0.717) is 0 Å². The molecule has 2 aromatic rings. The zero-order valence-electron chi connectivity index (χ0n) is 11.8. The number of aromatic nitrogens is 1. The second-order valence-corrected chi connectivity index (χ2v) is 6.27. The van der Waals surface area contributed by atoms with E-state index in [4.69, 9.17) is 0 Å². The predicted molar refractivity (Wildman–Crippen MR) is 80.4 cm³/mol. The molecule has 2 heteroatoms. The maximum Gasteiger partial charge on any atom is 0.0704 e. The molecular weight excluding hydrogens is 232 g/mol. The number of nitrogens with one attached hydrogen (secondary N) is 1. The molecule has 1 aliphatic rings. The number of hydrogen-bond acceptors (Lipinski definition) is 2. The summed E-state index contributed by atoms with van der Waals surface area (Å²) in [4.78, 5) is 4.46. The highest BCUT2D eigenvalue weighted by Crippen LogP contribution is 2.29. The first-order chi connectivity index (χ1) is 9.15. The van der Waals surface area contributed by atoms with Crippen LogP contribution >= 0.6 is 0 Å². The average Bonchev–Trinajstić information content (AvgIpc) is 3.22. The van der Waals surface area contributed by atoms with Crippen LogP contribution in [0.3, 0.4) is 0 Å². The lowest BCUT2D eigenvalue weighted by atomic mass is 9.81. The van der Waals surface area contributed by atoms with Crippen molar-refractivity contribution in [2.24, 2.45) is 0 Å². The van der Waals surface area contributed by atoms with E-state index < -0.39 is 0 Å². The van der Waals surface area contributed by atoms with Gasteiger partial charge in [-0.15, -0.1) is 0 Å². The van der Waals surface area contributed by atoms with Crippen molar-refractivity contribution >= 4 is 10.9 Å². The zero-order valence-corrected chi connectivity index (χ0v) is 11.8. The molecular formula is C17H22N2. The minimum Gasteiger partial charge on any atom is -0.314 e. The van der Waals surface area contributed by atoms with Gasteiger partial charge in [-0.05, 0) is 48.9 Å². The summed E-state index contributed by atoms with van der Waals surface area (Å²) in [5, 5.41) is 4.82. The summed E-state index contributed by atoms with van der Waals surface area (Å²) in [5.41, 5.74) is 2.69. The molecule has 0 aliphatic heterocycles. The fourth-order valence-electron chi connectivity index (χ4n) is 2.51. The van der Waals surface area contributed by atoms with Gasteiger partial charge in [0.1, 0.15) is 0 Å². The molecule has 1 N–H and O–H groups in total. The molecule has 100 valence electrons. The summed E-state index contributed by atoms with van der Waals surface area (Å²) in [7, 11) is 0. The first-order valence-corrected chi connectivity index (χ1v) is 7.24. The van der Waals surface area contributed by atoms with Gasteiger partial charge in [0, 0.05) is 17.6 Å². The van der Waals surface area contributed by atoms with Gasteiger partial charge >= 0.3 is 0 Å². The van der Waals surface area contributed by atoms with Crippen LogP contribution in [0.15, 0.2) is 36.5 Å². The van der Waals surface area contributed by atoms with Crippen molar-refractivity contribution in [2.45, 2.75) is 44.6 Å². The van der Waals surface area contributed by atoms with E-state index in [1.165, 1.54) is 30.2 Å². The van der Waals surface area contributed by atoms with E-state index in [-0.39, 0.29) is 5.41 Å². The Morgan fingerprint density at radius 3 is 2.89 bits per heavy atom. The molecule has 0 amide bonds. The fraction of sp³-hybridized carbons (Fsp3) is 0.471. The molecule has 2 nitrogen and oxygen atoms in total. The second kappa shape index (κ2) is 4.93. The Morgan fingerprint density at radius 1 is 1.26 bits per heavy atom. The highest BCUT2D eigenvalue weighted by Gasteiger charge is 2.24. The molecule has 0 bridgehead atoms. The van der Waals surface area contributed by atoms with E-state index in [2.05, 4.69) is 48.4 Å². The zero-order chi connectivity index (χ0) is 13.3. The van der Waals surface area contributed by atoms with Gasteiger partial charge in [0.05, 0.1) is 5.52 Å². The molecule has 0 atom stereocenters. The fourth-order valence-corrected chi connectivity index (χ4v) is 2.51. The lowest BCUT2D eigenvalue weighted by molar-refractivity contribution is 0.456. The Hall–Kier alpha value is -1.41. The van der Waals surface area contributed by atoms with Gasteiger partial charge in [-0.3, -0.25) is 4.98 Å². The summed E-state index contributed by atoms with van der Waals surface area (Å²) < 4.78 is 0. The number of benzene rings is 1. The van der Waals surface area contributed by atoms with E-state index >= 15 is 0 Å². The third kappa shape index (κ3) is 2.95. The summed E-state index contributed by atoms with van der Waals surface area (Å²) in [6.45, 7) is 5.76. The van der Waals surface area contributed by atoms with Gasteiger partial charge in [-0.2, -0.15) is 0 Å². The lowest BCUT2D eigenvalue weighted by Crippen LogP contribution is -2.26. The highest BCUT2D eigenvalue weighted by atomic mass is 14.9.